The highest BCUT2D eigenvalue weighted by Crippen LogP contribution is 2.23. The molecule has 20 heavy (non-hydrogen) atoms. The molecule has 1 atom stereocenters. The van der Waals surface area contributed by atoms with Gasteiger partial charge in [-0.3, -0.25) is 4.79 Å². The molecular formula is C13H17ClN2O3S. The third kappa shape index (κ3) is 3.50. The van der Waals surface area contributed by atoms with Crippen LogP contribution in [-0.2, 0) is 14.8 Å². The molecule has 1 unspecified atom stereocenters. The number of nitrogens with one attached hydrogen (secondary N) is 2. The lowest BCUT2D eigenvalue weighted by Crippen LogP contribution is -2.35. The van der Waals surface area contributed by atoms with Gasteiger partial charge in [-0.05, 0) is 37.5 Å². The number of carbonyl (C=O) groups is 1. The molecule has 0 aliphatic carbocycles. The maximum atomic E-state index is 12.4. The molecule has 1 aromatic carbocycles. The van der Waals surface area contributed by atoms with Crippen molar-refractivity contribution in [1.82, 2.24) is 10.0 Å². The van der Waals surface area contributed by atoms with E-state index in [0.29, 0.717) is 36.4 Å². The summed E-state index contributed by atoms with van der Waals surface area (Å²) in [6.45, 7) is 2.16. The van der Waals surface area contributed by atoms with E-state index in [4.69, 9.17) is 11.6 Å². The minimum absolute atomic E-state index is 0.0364. The molecule has 1 fully saturated rings. The summed E-state index contributed by atoms with van der Waals surface area (Å²) < 4.78 is 27.4. The fourth-order valence-electron chi connectivity index (χ4n) is 2.20. The fourth-order valence-corrected chi connectivity index (χ4v) is 4.01. The van der Waals surface area contributed by atoms with Crippen molar-refractivity contribution in [3.05, 3.63) is 28.8 Å². The zero-order valence-corrected chi connectivity index (χ0v) is 12.7. The average molecular weight is 317 g/mol. The third-order valence-corrected chi connectivity index (χ3v) is 5.44. The number of halogens is 1. The Labute approximate surface area is 123 Å². The van der Waals surface area contributed by atoms with Crippen molar-refractivity contribution in [2.24, 2.45) is 0 Å². The standard InChI is InChI=1S/C13H17ClN2O3S/c1-9-11(14)3-2-4-12(9)20(18,19)16-10-5-6-13(17)15-8-7-10/h2-4,10,16H,5-8H2,1H3,(H,15,17). The van der Waals surface area contributed by atoms with Gasteiger partial charge in [-0.2, -0.15) is 0 Å². The lowest BCUT2D eigenvalue weighted by atomic mass is 10.1. The van der Waals surface area contributed by atoms with Gasteiger partial charge in [0.1, 0.15) is 0 Å². The van der Waals surface area contributed by atoms with E-state index in [2.05, 4.69) is 10.0 Å². The molecular weight excluding hydrogens is 300 g/mol. The Bertz CT molecular complexity index is 616. The summed E-state index contributed by atoms with van der Waals surface area (Å²) in [5.41, 5.74) is 0.532. The Morgan fingerprint density at radius 3 is 2.85 bits per heavy atom. The molecule has 1 amide bonds. The molecule has 0 bridgehead atoms. The molecule has 1 heterocycles. The van der Waals surface area contributed by atoms with Crippen molar-refractivity contribution in [3.63, 3.8) is 0 Å². The smallest absolute Gasteiger partial charge is 0.241 e. The van der Waals surface area contributed by atoms with Gasteiger partial charge in [-0.15, -0.1) is 0 Å². The van der Waals surface area contributed by atoms with Crippen LogP contribution in [-0.4, -0.2) is 26.9 Å². The van der Waals surface area contributed by atoms with Crippen LogP contribution < -0.4 is 10.0 Å². The summed E-state index contributed by atoms with van der Waals surface area (Å²) in [5, 5.41) is 3.15. The van der Waals surface area contributed by atoms with Crippen LogP contribution in [0.5, 0.6) is 0 Å². The first-order valence-corrected chi connectivity index (χ1v) is 8.30. The molecule has 1 saturated heterocycles. The minimum atomic E-state index is -3.62. The van der Waals surface area contributed by atoms with Crippen LogP contribution >= 0.6 is 11.6 Å². The molecule has 2 N–H and O–H groups in total. The number of sulfonamides is 1. The van der Waals surface area contributed by atoms with Crippen molar-refractivity contribution in [2.75, 3.05) is 6.54 Å². The van der Waals surface area contributed by atoms with E-state index in [0.717, 1.165) is 0 Å². The maximum Gasteiger partial charge on any atom is 0.241 e. The number of hydrogen-bond donors (Lipinski definition) is 2. The molecule has 0 aromatic heterocycles. The van der Waals surface area contributed by atoms with E-state index in [1.54, 1.807) is 19.1 Å². The highest BCUT2D eigenvalue weighted by Gasteiger charge is 2.24. The van der Waals surface area contributed by atoms with Crippen LogP contribution in [0, 0.1) is 6.92 Å². The number of rotatable bonds is 3. The summed E-state index contributed by atoms with van der Waals surface area (Å²) in [4.78, 5) is 11.4. The van der Waals surface area contributed by atoms with Gasteiger partial charge in [0.25, 0.3) is 0 Å². The summed E-state index contributed by atoms with van der Waals surface area (Å²) in [7, 11) is -3.62. The second kappa shape index (κ2) is 6.11. The van der Waals surface area contributed by atoms with Crippen LogP contribution in [0.2, 0.25) is 5.02 Å². The Balaban J connectivity index is 2.18. The predicted octanol–water partition coefficient (Wildman–Crippen LogP) is 1.60. The third-order valence-electron chi connectivity index (χ3n) is 3.36. The van der Waals surface area contributed by atoms with E-state index in [1.165, 1.54) is 6.07 Å². The number of benzene rings is 1. The van der Waals surface area contributed by atoms with E-state index < -0.39 is 10.0 Å². The molecule has 2 rings (SSSR count). The van der Waals surface area contributed by atoms with Gasteiger partial charge < -0.3 is 5.32 Å². The predicted molar refractivity (Wildman–Crippen MR) is 77.2 cm³/mol. The van der Waals surface area contributed by atoms with Gasteiger partial charge in [0, 0.05) is 24.0 Å². The molecule has 1 aliphatic rings. The molecule has 0 radical (unpaired) electrons. The van der Waals surface area contributed by atoms with Gasteiger partial charge >= 0.3 is 0 Å². The first-order chi connectivity index (χ1) is 9.40. The Morgan fingerprint density at radius 1 is 1.35 bits per heavy atom. The van der Waals surface area contributed by atoms with Crippen LogP contribution in [0.1, 0.15) is 24.8 Å². The van der Waals surface area contributed by atoms with Crippen molar-refractivity contribution < 1.29 is 13.2 Å². The highest BCUT2D eigenvalue weighted by molar-refractivity contribution is 7.89. The molecule has 0 saturated carbocycles. The number of amides is 1. The quantitative estimate of drug-likeness (QED) is 0.889. The van der Waals surface area contributed by atoms with Gasteiger partial charge in [0.2, 0.25) is 15.9 Å². The highest BCUT2D eigenvalue weighted by atomic mass is 35.5. The SMILES string of the molecule is Cc1c(Cl)cccc1S(=O)(=O)NC1CCNC(=O)CC1. The molecule has 1 aromatic rings. The van der Waals surface area contributed by atoms with Crippen molar-refractivity contribution in [1.29, 1.82) is 0 Å². The lowest BCUT2D eigenvalue weighted by molar-refractivity contribution is -0.120. The molecule has 1 aliphatic heterocycles. The van der Waals surface area contributed by atoms with Crippen molar-refractivity contribution in [2.45, 2.75) is 37.1 Å². The fraction of sp³-hybridized carbons (Fsp3) is 0.462. The van der Waals surface area contributed by atoms with Crippen LogP contribution in [0.3, 0.4) is 0 Å². The molecule has 5 nitrogen and oxygen atoms in total. The van der Waals surface area contributed by atoms with E-state index in [9.17, 15) is 13.2 Å². The van der Waals surface area contributed by atoms with E-state index in [1.807, 2.05) is 0 Å². The van der Waals surface area contributed by atoms with Gasteiger partial charge in [-0.1, -0.05) is 17.7 Å². The topological polar surface area (TPSA) is 75.3 Å². The van der Waals surface area contributed by atoms with Crippen molar-refractivity contribution >= 4 is 27.5 Å². The first-order valence-electron chi connectivity index (χ1n) is 6.44. The van der Waals surface area contributed by atoms with Gasteiger partial charge in [0.15, 0.2) is 0 Å². The first kappa shape index (κ1) is 15.3. The monoisotopic (exact) mass is 316 g/mol. The zero-order valence-electron chi connectivity index (χ0n) is 11.1. The van der Waals surface area contributed by atoms with Crippen molar-refractivity contribution in [3.8, 4) is 0 Å². The lowest BCUT2D eigenvalue weighted by Gasteiger charge is -2.17. The summed E-state index contributed by atoms with van der Waals surface area (Å²) in [5.74, 6) is -0.0364. The number of carbonyl (C=O) groups excluding carboxylic acids is 1. The van der Waals surface area contributed by atoms with Crippen LogP contribution in [0.4, 0.5) is 0 Å². The second-order valence-electron chi connectivity index (χ2n) is 4.86. The van der Waals surface area contributed by atoms with Crippen LogP contribution in [0.25, 0.3) is 0 Å². The van der Waals surface area contributed by atoms with Gasteiger partial charge in [0.05, 0.1) is 4.90 Å². The Morgan fingerprint density at radius 2 is 2.10 bits per heavy atom. The summed E-state index contributed by atoms with van der Waals surface area (Å²) in [6, 6.07) is 4.56. The normalized spacial score (nSPS) is 20.3. The van der Waals surface area contributed by atoms with E-state index in [-0.39, 0.29) is 16.8 Å². The van der Waals surface area contributed by atoms with Crippen LogP contribution in [0.15, 0.2) is 23.1 Å². The van der Waals surface area contributed by atoms with Gasteiger partial charge in [-0.25, -0.2) is 13.1 Å². The Hall–Kier alpha value is -1.11. The minimum Gasteiger partial charge on any atom is -0.356 e. The zero-order chi connectivity index (χ0) is 14.8. The Kier molecular flexibility index (Phi) is 4.67. The number of hydrogen-bond acceptors (Lipinski definition) is 3. The average Bonchev–Trinajstić information content (AvgIpc) is 2.57. The molecule has 0 spiro atoms. The molecule has 110 valence electrons. The second-order valence-corrected chi connectivity index (χ2v) is 6.95. The largest absolute Gasteiger partial charge is 0.356 e. The van der Waals surface area contributed by atoms with E-state index >= 15 is 0 Å². The summed E-state index contributed by atoms with van der Waals surface area (Å²) in [6.07, 6.45) is 1.43. The summed E-state index contributed by atoms with van der Waals surface area (Å²) >= 11 is 5.96. The molecule has 7 heteroatoms. The maximum absolute atomic E-state index is 12.4.